The molecular weight excluding hydrogens is 452 g/mol. The van der Waals surface area contributed by atoms with Gasteiger partial charge in [0.2, 0.25) is 0 Å². The Morgan fingerprint density at radius 3 is 2.09 bits per heavy atom. The third-order valence-corrected chi connectivity index (χ3v) is 7.17. The van der Waals surface area contributed by atoms with Gasteiger partial charge in [0.15, 0.2) is 0 Å². The zero-order chi connectivity index (χ0) is 23.9. The second-order valence-electron chi connectivity index (χ2n) is 8.44. The Morgan fingerprint density at radius 1 is 0.906 bits per heavy atom. The highest BCUT2D eigenvalue weighted by atomic mass is 32.2. The summed E-state index contributed by atoms with van der Waals surface area (Å²) in [5.41, 5.74) is 0.810. The van der Waals surface area contributed by atoms with Crippen LogP contribution in [0.15, 0.2) is 46.3 Å². The van der Waals surface area contributed by atoms with Crippen LogP contribution in [-0.4, -0.2) is 36.6 Å². The molecule has 1 aromatic carbocycles. The summed E-state index contributed by atoms with van der Waals surface area (Å²) >= 11 is 0. The van der Waals surface area contributed by atoms with E-state index in [0.717, 1.165) is 0 Å². The highest BCUT2D eigenvalue weighted by Gasteiger charge is 2.29. The quantitative estimate of drug-likeness (QED) is 0.556. The molecule has 0 unspecified atom stereocenters. The maximum atomic E-state index is 13.0. The molecule has 0 amide bonds. The van der Waals surface area contributed by atoms with E-state index in [4.69, 9.17) is 0 Å². The first-order valence-corrected chi connectivity index (χ1v) is 12.7. The van der Waals surface area contributed by atoms with Gasteiger partial charge >= 0.3 is 0 Å². The van der Waals surface area contributed by atoms with Crippen LogP contribution in [0.25, 0.3) is 0 Å². The summed E-state index contributed by atoms with van der Waals surface area (Å²) < 4.78 is 57.6. The summed E-state index contributed by atoms with van der Waals surface area (Å²) in [6.07, 6.45) is 1.44. The number of rotatable bonds is 6. The van der Waals surface area contributed by atoms with Crippen molar-refractivity contribution in [2.24, 2.45) is 7.05 Å². The molecule has 0 aliphatic heterocycles. The molecule has 0 saturated carbocycles. The number of nitrogens with one attached hydrogen (secondary N) is 2. The fourth-order valence-corrected chi connectivity index (χ4v) is 5.50. The average Bonchev–Trinajstić information content (AvgIpc) is 3.04. The summed E-state index contributed by atoms with van der Waals surface area (Å²) in [6, 6.07) is 6.92. The predicted molar refractivity (Wildman–Crippen MR) is 121 cm³/mol. The number of anilines is 2. The van der Waals surface area contributed by atoms with Crippen molar-refractivity contribution in [3.63, 3.8) is 0 Å². The van der Waals surface area contributed by atoms with E-state index in [9.17, 15) is 16.8 Å². The van der Waals surface area contributed by atoms with Crippen molar-refractivity contribution in [3.05, 3.63) is 53.7 Å². The second kappa shape index (κ2) is 8.17. The summed E-state index contributed by atoms with van der Waals surface area (Å²) in [6.45, 7) is 9.03. The van der Waals surface area contributed by atoms with Crippen LogP contribution in [0.3, 0.4) is 0 Å². The minimum Gasteiger partial charge on any atom is -0.280 e. The van der Waals surface area contributed by atoms with Crippen LogP contribution in [0.5, 0.6) is 0 Å². The number of aromatic nitrogens is 4. The number of nitrogens with zero attached hydrogens (tertiary/aromatic N) is 4. The Hall–Kier alpha value is -2.99. The van der Waals surface area contributed by atoms with E-state index in [-0.39, 0.29) is 21.3 Å². The van der Waals surface area contributed by atoms with Gasteiger partial charge in [0.25, 0.3) is 20.0 Å². The van der Waals surface area contributed by atoms with Crippen LogP contribution in [-0.2, 0) is 32.5 Å². The van der Waals surface area contributed by atoms with Crippen LogP contribution < -0.4 is 9.44 Å². The Kier molecular flexibility index (Phi) is 6.04. The molecule has 172 valence electrons. The van der Waals surface area contributed by atoms with E-state index >= 15 is 0 Å². The average molecular weight is 479 g/mol. The van der Waals surface area contributed by atoms with Crippen LogP contribution in [0.1, 0.15) is 38.0 Å². The van der Waals surface area contributed by atoms with E-state index in [1.54, 1.807) is 20.9 Å². The Bertz CT molecular complexity index is 1340. The SMILES string of the molecule is Cc1cc(NS(=O)(=O)c2ccc(NS(=O)(=O)c3cn(C)nc3C(C)(C)C)cc2)nc(C)n1. The first-order valence-electron chi connectivity index (χ1n) is 9.69. The van der Waals surface area contributed by atoms with Gasteiger partial charge in [-0.25, -0.2) is 26.8 Å². The number of hydrogen-bond acceptors (Lipinski definition) is 7. The van der Waals surface area contributed by atoms with Crippen molar-refractivity contribution >= 4 is 31.6 Å². The standard InChI is InChI=1S/C20H26N6O4S2/c1-13-11-18(22-14(2)21-13)25-31(27,28)16-9-7-15(8-10-16)24-32(29,30)17-12-26(6)23-19(17)20(3,4)5/h7-12,24H,1-6H3,(H,21,22,25). The van der Waals surface area contributed by atoms with Gasteiger partial charge in [-0.3, -0.25) is 14.1 Å². The molecule has 0 atom stereocenters. The largest absolute Gasteiger partial charge is 0.280 e. The number of aryl methyl sites for hydroxylation is 3. The summed E-state index contributed by atoms with van der Waals surface area (Å²) in [5.74, 6) is 0.601. The van der Waals surface area contributed by atoms with E-state index in [2.05, 4.69) is 24.5 Å². The minimum atomic E-state index is -3.93. The summed E-state index contributed by atoms with van der Waals surface area (Å²) in [5, 5.41) is 4.29. The number of hydrogen-bond donors (Lipinski definition) is 2. The third-order valence-electron chi connectivity index (χ3n) is 4.42. The zero-order valence-electron chi connectivity index (χ0n) is 18.7. The van der Waals surface area contributed by atoms with Crippen LogP contribution >= 0.6 is 0 Å². The monoisotopic (exact) mass is 478 g/mol. The molecule has 3 aromatic rings. The van der Waals surface area contributed by atoms with Crippen molar-refractivity contribution in [1.82, 2.24) is 19.7 Å². The predicted octanol–water partition coefficient (Wildman–Crippen LogP) is 2.73. The lowest BCUT2D eigenvalue weighted by Gasteiger charge is -2.18. The lowest BCUT2D eigenvalue weighted by Crippen LogP contribution is -2.20. The minimum absolute atomic E-state index is 0.0360. The molecule has 0 radical (unpaired) electrons. The number of benzene rings is 1. The molecule has 10 nitrogen and oxygen atoms in total. The van der Waals surface area contributed by atoms with Crippen molar-refractivity contribution in [3.8, 4) is 0 Å². The smallest absolute Gasteiger partial charge is 0.265 e. The highest BCUT2D eigenvalue weighted by Crippen LogP contribution is 2.29. The lowest BCUT2D eigenvalue weighted by molar-refractivity contribution is 0.539. The van der Waals surface area contributed by atoms with Crippen LogP contribution in [0.4, 0.5) is 11.5 Å². The van der Waals surface area contributed by atoms with Gasteiger partial charge < -0.3 is 0 Å². The van der Waals surface area contributed by atoms with Crippen molar-refractivity contribution in [2.45, 2.75) is 49.8 Å². The van der Waals surface area contributed by atoms with Gasteiger partial charge in [-0.1, -0.05) is 20.8 Å². The molecule has 2 heterocycles. The molecule has 2 N–H and O–H groups in total. The fourth-order valence-electron chi connectivity index (χ4n) is 3.06. The molecule has 0 saturated heterocycles. The van der Waals surface area contributed by atoms with Crippen molar-refractivity contribution < 1.29 is 16.8 Å². The number of sulfonamides is 2. The van der Waals surface area contributed by atoms with Gasteiger partial charge in [-0.15, -0.1) is 0 Å². The molecule has 0 bridgehead atoms. The Balaban J connectivity index is 1.84. The normalized spacial score (nSPS) is 12.6. The molecule has 0 fully saturated rings. The second-order valence-corrected chi connectivity index (χ2v) is 11.8. The molecule has 0 aliphatic carbocycles. The molecule has 32 heavy (non-hydrogen) atoms. The van der Waals surface area contributed by atoms with Crippen molar-refractivity contribution in [2.75, 3.05) is 9.44 Å². The van der Waals surface area contributed by atoms with Crippen LogP contribution in [0.2, 0.25) is 0 Å². The maximum Gasteiger partial charge on any atom is 0.265 e. The molecule has 12 heteroatoms. The fraction of sp³-hybridized carbons (Fsp3) is 0.350. The Labute approximate surface area is 188 Å². The van der Waals surface area contributed by atoms with E-state index < -0.39 is 25.5 Å². The molecule has 2 aromatic heterocycles. The van der Waals surface area contributed by atoms with Gasteiger partial charge in [-0.05, 0) is 38.1 Å². The topological polar surface area (TPSA) is 136 Å². The Morgan fingerprint density at radius 2 is 1.53 bits per heavy atom. The first kappa shape index (κ1) is 23.7. The summed E-state index contributed by atoms with van der Waals surface area (Å²) in [7, 11) is -6.19. The van der Waals surface area contributed by atoms with E-state index in [1.165, 1.54) is 41.2 Å². The first-order chi connectivity index (χ1) is 14.7. The van der Waals surface area contributed by atoms with Gasteiger partial charge in [0, 0.05) is 36.1 Å². The van der Waals surface area contributed by atoms with Gasteiger partial charge in [0.1, 0.15) is 16.5 Å². The van der Waals surface area contributed by atoms with Gasteiger partial charge in [-0.2, -0.15) is 5.10 Å². The van der Waals surface area contributed by atoms with Gasteiger partial charge in [0.05, 0.1) is 10.6 Å². The lowest BCUT2D eigenvalue weighted by atomic mass is 9.92. The maximum absolute atomic E-state index is 13.0. The van der Waals surface area contributed by atoms with Crippen molar-refractivity contribution in [1.29, 1.82) is 0 Å². The summed E-state index contributed by atoms with van der Waals surface area (Å²) in [4.78, 5) is 8.22. The highest BCUT2D eigenvalue weighted by molar-refractivity contribution is 7.93. The van der Waals surface area contributed by atoms with Crippen LogP contribution in [0, 0.1) is 13.8 Å². The molecular formula is C20H26N6O4S2. The van der Waals surface area contributed by atoms with E-state index in [1.807, 2.05) is 20.8 Å². The molecule has 0 aliphatic rings. The van der Waals surface area contributed by atoms with E-state index in [0.29, 0.717) is 17.2 Å². The zero-order valence-corrected chi connectivity index (χ0v) is 20.3. The third kappa shape index (κ3) is 5.25. The molecule has 0 spiro atoms. The molecule has 3 rings (SSSR count).